The number of carbonyl (C=O) groups is 2. The van der Waals surface area contributed by atoms with E-state index in [1.165, 1.54) is 23.2 Å². The fourth-order valence-corrected chi connectivity index (χ4v) is 5.72. The first-order valence-electron chi connectivity index (χ1n) is 14.0. The Hall–Kier alpha value is -3.60. The van der Waals surface area contributed by atoms with Crippen molar-refractivity contribution >= 4 is 23.2 Å². The Morgan fingerprint density at radius 2 is 1.50 bits per heavy atom. The molecule has 1 heterocycles. The molecule has 3 aromatic rings. The van der Waals surface area contributed by atoms with Gasteiger partial charge in [-0.3, -0.25) is 9.59 Å². The van der Waals surface area contributed by atoms with Gasteiger partial charge in [0.1, 0.15) is 0 Å². The molecule has 0 aromatic heterocycles. The van der Waals surface area contributed by atoms with Crippen LogP contribution < -0.4 is 9.80 Å². The number of rotatable bonds is 8. The summed E-state index contributed by atoms with van der Waals surface area (Å²) < 4.78 is 0. The molecule has 2 aliphatic rings. The van der Waals surface area contributed by atoms with Crippen LogP contribution in [0.5, 0.6) is 0 Å². The minimum absolute atomic E-state index is 0.0852. The first-order chi connectivity index (χ1) is 18.5. The van der Waals surface area contributed by atoms with Crippen LogP contribution in [-0.2, 0) is 22.7 Å². The van der Waals surface area contributed by atoms with E-state index in [0.717, 1.165) is 55.5 Å². The monoisotopic (exact) mass is 509 g/mol. The molecule has 0 spiro atoms. The highest BCUT2D eigenvalue weighted by molar-refractivity contribution is 5.95. The molecule has 1 saturated heterocycles. The van der Waals surface area contributed by atoms with E-state index in [1.807, 2.05) is 36.0 Å². The van der Waals surface area contributed by atoms with Crippen molar-refractivity contribution in [2.45, 2.75) is 58.0 Å². The highest BCUT2D eigenvalue weighted by atomic mass is 16.2. The molecule has 0 N–H and O–H groups in total. The van der Waals surface area contributed by atoms with Gasteiger partial charge in [0, 0.05) is 50.9 Å². The summed E-state index contributed by atoms with van der Waals surface area (Å²) in [6.07, 6.45) is 6.99. The highest BCUT2D eigenvalue weighted by Gasteiger charge is 2.28. The van der Waals surface area contributed by atoms with E-state index in [1.54, 1.807) is 0 Å². The topological polar surface area (TPSA) is 43.9 Å². The molecule has 198 valence electrons. The lowest BCUT2D eigenvalue weighted by Crippen LogP contribution is -2.36. The van der Waals surface area contributed by atoms with Gasteiger partial charge in [-0.05, 0) is 65.8 Å². The van der Waals surface area contributed by atoms with Gasteiger partial charge in [0.25, 0.3) is 0 Å². The summed E-state index contributed by atoms with van der Waals surface area (Å²) in [5.41, 5.74) is 6.65. The minimum atomic E-state index is 0.0852. The van der Waals surface area contributed by atoms with Crippen LogP contribution in [0, 0.1) is 5.92 Å². The molecule has 5 heteroatoms. The Balaban J connectivity index is 1.37. The van der Waals surface area contributed by atoms with Gasteiger partial charge in [0.2, 0.25) is 11.8 Å². The molecule has 0 bridgehead atoms. The quantitative estimate of drug-likeness (QED) is 0.341. The number of hydrogen-bond donors (Lipinski definition) is 0. The van der Waals surface area contributed by atoms with Crippen LogP contribution >= 0.6 is 0 Å². The van der Waals surface area contributed by atoms with Gasteiger partial charge in [-0.15, -0.1) is 0 Å². The molecule has 3 aromatic carbocycles. The molecule has 2 fully saturated rings. The number of amides is 2. The lowest BCUT2D eigenvalue weighted by Gasteiger charge is -2.30. The van der Waals surface area contributed by atoms with E-state index >= 15 is 0 Å². The van der Waals surface area contributed by atoms with Crippen LogP contribution in [0.2, 0.25) is 0 Å². The number of nitrogens with zero attached hydrogens (tertiary/aromatic N) is 3. The van der Waals surface area contributed by atoms with Gasteiger partial charge in [-0.1, -0.05) is 67.8 Å². The molecule has 5 rings (SSSR count). The van der Waals surface area contributed by atoms with Crippen molar-refractivity contribution in [1.29, 1.82) is 0 Å². The summed E-state index contributed by atoms with van der Waals surface area (Å²) in [5.74, 6) is 0.534. The predicted molar refractivity (Wildman–Crippen MR) is 155 cm³/mol. The molecule has 1 aliphatic carbocycles. The summed E-state index contributed by atoms with van der Waals surface area (Å²) >= 11 is 0. The van der Waals surface area contributed by atoms with Crippen molar-refractivity contribution in [3.05, 3.63) is 83.9 Å². The van der Waals surface area contributed by atoms with Gasteiger partial charge in [-0.2, -0.15) is 0 Å². The molecular weight excluding hydrogens is 470 g/mol. The standard InChI is InChI=1S/C33H39N3O2/c1-34(2)30-19-17-28(18-20-30)27-15-13-25(14-16-27)24-36(33(38)29-9-4-3-5-10-29)31-11-6-8-26(22-31)23-35-21-7-12-32(35)37/h6,8,11,13-20,22,29H,3-5,7,9-10,12,21,23-24H2,1-2H3. The maximum absolute atomic E-state index is 13.8. The van der Waals surface area contributed by atoms with Crippen LogP contribution in [0.25, 0.3) is 11.1 Å². The number of hydrogen-bond acceptors (Lipinski definition) is 3. The Morgan fingerprint density at radius 1 is 0.816 bits per heavy atom. The average molecular weight is 510 g/mol. The second-order valence-electron chi connectivity index (χ2n) is 11.0. The molecule has 1 aliphatic heterocycles. The van der Waals surface area contributed by atoms with Gasteiger partial charge in [-0.25, -0.2) is 0 Å². The number of carbonyl (C=O) groups excluding carboxylic acids is 2. The zero-order chi connectivity index (χ0) is 26.5. The Kier molecular flexibility index (Phi) is 8.11. The van der Waals surface area contributed by atoms with Crippen LogP contribution in [0.3, 0.4) is 0 Å². The molecule has 38 heavy (non-hydrogen) atoms. The smallest absolute Gasteiger partial charge is 0.230 e. The van der Waals surface area contributed by atoms with E-state index in [2.05, 4.69) is 65.6 Å². The van der Waals surface area contributed by atoms with Gasteiger partial charge in [0.05, 0.1) is 6.54 Å². The normalized spacial score (nSPS) is 16.1. The summed E-state index contributed by atoms with van der Waals surface area (Å²) in [6.45, 7) is 1.97. The van der Waals surface area contributed by atoms with E-state index in [9.17, 15) is 9.59 Å². The molecule has 5 nitrogen and oxygen atoms in total. The van der Waals surface area contributed by atoms with Crippen molar-refractivity contribution in [2.75, 3.05) is 30.4 Å². The van der Waals surface area contributed by atoms with Crippen LogP contribution in [-0.4, -0.2) is 37.4 Å². The zero-order valence-electron chi connectivity index (χ0n) is 22.7. The average Bonchev–Trinajstić information content (AvgIpc) is 3.36. The largest absolute Gasteiger partial charge is 0.378 e. The van der Waals surface area contributed by atoms with Crippen molar-refractivity contribution in [2.24, 2.45) is 5.92 Å². The summed E-state index contributed by atoms with van der Waals surface area (Å²) in [5, 5.41) is 0. The van der Waals surface area contributed by atoms with Gasteiger partial charge >= 0.3 is 0 Å². The van der Waals surface area contributed by atoms with Gasteiger partial charge < -0.3 is 14.7 Å². The minimum Gasteiger partial charge on any atom is -0.378 e. The maximum Gasteiger partial charge on any atom is 0.230 e. The van der Waals surface area contributed by atoms with Crippen molar-refractivity contribution in [3.8, 4) is 11.1 Å². The molecule has 1 saturated carbocycles. The Morgan fingerprint density at radius 3 is 2.13 bits per heavy atom. The van der Waals surface area contributed by atoms with E-state index < -0.39 is 0 Å². The third kappa shape index (κ3) is 6.09. The molecular formula is C33H39N3O2. The molecule has 0 radical (unpaired) electrons. The van der Waals surface area contributed by atoms with Crippen LogP contribution in [0.4, 0.5) is 11.4 Å². The summed E-state index contributed by atoms with van der Waals surface area (Å²) in [6, 6.07) is 25.4. The van der Waals surface area contributed by atoms with E-state index in [4.69, 9.17) is 0 Å². The fourth-order valence-electron chi connectivity index (χ4n) is 5.72. The molecule has 2 amide bonds. The second kappa shape index (κ2) is 11.8. The summed E-state index contributed by atoms with van der Waals surface area (Å²) in [4.78, 5) is 32.0. The zero-order valence-corrected chi connectivity index (χ0v) is 22.7. The van der Waals surface area contributed by atoms with Crippen LogP contribution in [0.15, 0.2) is 72.8 Å². The summed E-state index contributed by atoms with van der Waals surface area (Å²) in [7, 11) is 4.09. The lowest BCUT2D eigenvalue weighted by molar-refractivity contribution is -0.128. The van der Waals surface area contributed by atoms with Crippen molar-refractivity contribution in [1.82, 2.24) is 4.90 Å². The first-order valence-corrected chi connectivity index (χ1v) is 14.0. The van der Waals surface area contributed by atoms with Crippen molar-refractivity contribution < 1.29 is 9.59 Å². The second-order valence-corrected chi connectivity index (χ2v) is 11.0. The Labute approximate surface area is 227 Å². The predicted octanol–water partition coefficient (Wildman–Crippen LogP) is 6.66. The Bertz CT molecular complexity index is 1240. The molecule has 0 unspecified atom stereocenters. The SMILES string of the molecule is CN(C)c1ccc(-c2ccc(CN(C(=O)C3CCCCC3)c3cccc(CN4CCCC4=O)c3)cc2)cc1. The molecule has 0 atom stereocenters. The fraction of sp³-hybridized carbons (Fsp3) is 0.394. The van der Waals surface area contributed by atoms with Crippen LogP contribution in [0.1, 0.15) is 56.1 Å². The van der Waals surface area contributed by atoms with E-state index in [-0.39, 0.29) is 17.7 Å². The van der Waals surface area contributed by atoms with E-state index in [0.29, 0.717) is 19.5 Å². The van der Waals surface area contributed by atoms with Gasteiger partial charge in [0.15, 0.2) is 0 Å². The number of anilines is 2. The number of likely N-dealkylation sites (tertiary alicyclic amines) is 1. The highest BCUT2D eigenvalue weighted by Crippen LogP contribution is 2.30. The maximum atomic E-state index is 13.8. The number of benzene rings is 3. The first kappa shape index (κ1) is 26.0. The van der Waals surface area contributed by atoms with Crippen molar-refractivity contribution in [3.63, 3.8) is 0 Å². The third-order valence-electron chi connectivity index (χ3n) is 8.00. The lowest BCUT2D eigenvalue weighted by atomic mass is 9.88. The third-order valence-corrected chi connectivity index (χ3v) is 8.00.